The van der Waals surface area contributed by atoms with Crippen molar-refractivity contribution in [2.45, 2.75) is 0 Å². The molecule has 14 aromatic rings. The van der Waals surface area contributed by atoms with Crippen LogP contribution in [0.4, 0.5) is 0 Å². The van der Waals surface area contributed by atoms with Crippen molar-refractivity contribution in [3.63, 3.8) is 0 Å². The molecule has 0 N–H and O–H groups in total. The number of fused-ring (bicyclic) bond motifs is 10. The smallest absolute Gasteiger partial charge is 0.167 e. The zero-order valence-electron chi connectivity index (χ0n) is 32.4. The monoisotopic (exact) mass is 794 g/mol. The minimum absolute atomic E-state index is 0.564. The fraction of sp³-hybridized carbons (Fsp3) is 0. The lowest BCUT2D eigenvalue weighted by atomic mass is 9.92. The van der Waals surface area contributed by atoms with E-state index < -0.39 is 0 Å². The van der Waals surface area contributed by atoms with Crippen LogP contribution >= 0.6 is 11.3 Å². The van der Waals surface area contributed by atoms with Gasteiger partial charge in [-0.3, -0.25) is 0 Å². The summed E-state index contributed by atoms with van der Waals surface area (Å²) in [6.07, 6.45) is 0. The summed E-state index contributed by atoms with van der Waals surface area (Å²) >= 11 is 1.78. The van der Waals surface area contributed by atoms with E-state index in [0.717, 1.165) is 60.0 Å². The highest BCUT2D eigenvalue weighted by Crippen LogP contribution is 2.46. The number of hydrogen-bond acceptors (Lipinski definition) is 5. The zero-order valence-corrected chi connectivity index (χ0v) is 33.2. The number of hydrogen-bond donors (Lipinski definition) is 0. The van der Waals surface area contributed by atoms with Crippen molar-refractivity contribution in [1.82, 2.24) is 19.5 Å². The highest BCUT2D eigenvalue weighted by molar-refractivity contribution is 7.26. The van der Waals surface area contributed by atoms with E-state index in [-0.39, 0.29) is 0 Å². The first-order valence-electron chi connectivity index (χ1n) is 20.5. The standard InChI is InChI=1S/C55H30N4OS/c1-2-12-33(13-3-1)53-56-54(41-20-11-19-38-36-16-5-8-22-46(36)60-51(38)41)58-55(57-53)43-30-35(29-42-37-17-6-9-23-47(37)61-52(42)43)59-44-21-7-4-18-39(44)50-40-27-26-32-15-10-14-31-24-25-34(28-45(50)59)49(40)48(31)32/h1-30H. The first kappa shape index (κ1) is 33.0. The van der Waals surface area contributed by atoms with E-state index in [1.54, 1.807) is 11.3 Å². The minimum atomic E-state index is 0.564. The maximum atomic E-state index is 6.56. The Bertz CT molecular complexity index is 4110. The third kappa shape index (κ3) is 4.68. The van der Waals surface area contributed by atoms with Gasteiger partial charge in [-0.1, -0.05) is 140 Å². The molecule has 0 atom stereocenters. The van der Waals surface area contributed by atoms with Crippen molar-refractivity contribution in [3.8, 4) is 39.9 Å². The predicted molar refractivity (Wildman–Crippen MR) is 254 cm³/mol. The maximum Gasteiger partial charge on any atom is 0.167 e. The van der Waals surface area contributed by atoms with Gasteiger partial charge in [-0.25, -0.2) is 15.0 Å². The molecule has 0 saturated carbocycles. The molecule has 4 heterocycles. The van der Waals surface area contributed by atoms with E-state index in [1.807, 2.05) is 36.4 Å². The summed E-state index contributed by atoms with van der Waals surface area (Å²) in [6.45, 7) is 0. The number of rotatable bonds is 4. The summed E-state index contributed by atoms with van der Waals surface area (Å²) in [4.78, 5) is 15.9. The summed E-state index contributed by atoms with van der Waals surface area (Å²) in [7, 11) is 0. The number of para-hydroxylation sites is 3. The van der Waals surface area contributed by atoms with E-state index in [1.165, 1.54) is 58.6 Å². The maximum absolute atomic E-state index is 6.56. The molecule has 61 heavy (non-hydrogen) atoms. The van der Waals surface area contributed by atoms with Crippen molar-refractivity contribution in [3.05, 3.63) is 182 Å². The summed E-state index contributed by atoms with van der Waals surface area (Å²) < 4.78 is 11.4. The van der Waals surface area contributed by atoms with E-state index in [9.17, 15) is 0 Å². The molecule has 4 aromatic heterocycles. The third-order valence-corrected chi connectivity index (χ3v) is 13.8. The largest absolute Gasteiger partial charge is 0.455 e. The Kier molecular flexibility index (Phi) is 6.65. The normalized spacial score (nSPS) is 12.3. The summed E-state index contributed by atoms with van der Waals surface area (Å²) in [5.41, 5.74) is 7.65. The Hall–Kier alpha value is -7.93. The molecule has 0 saturated heterocycles. The van der Waals surface area contributed by atoms with Crippen molar-refractivity contribution in [2.75, 3.05) is 0 Å². The fourth-order valence-electron chi connectivity index (χ4n) is 9.91. The molecule has 0 spiro atoms. The fourth-order valence-corrected chi connectivity index (χ4v) is 11.1. The minimum Gasteiger partial charge on any atom is -0.455 e. The lowest BCUT2D eigenvalue weighted by Gasteiger charge is -2.15. The van der Waals surface area contributed by atoms with Crippen LogP contribution in [-0.2, 0) is 0 Å². The molecule has 10 aromatic carbocycles. The van der Waals surface area contributed by atoms with Crippen LogP contribution in [0.25, 0.3) is 136 Å². The molecule has 0 aliphatic carbocycles. The summed E-state index contributed by atoms with van der Waals surface area (Å²) in [5, 5.41) is 14.6. The van der Waals surface area contributed by atoms with Gasteiger partial charge in [0.1, 0.15) is 11.2 Å². The SMILES string of the molecule is c1ccc(-c2nc(-c3cccc4c3oc3ccccc34)nc(-c3cc(-n4c5ccccc5c5c6ccc7cccc8ccc(cc54)c6c87)cc4c3sc3ccccc34)n2)cc1. The first-order valence-corrected chi connectivity index (χ1v) is 21.3. The van der Waals surface area contributed by atoms with Crippen LogP contribution in [0.5, 0.6) is 0 Å². The molecule has 6 heteroatoms. The Balaban J connectivity index is 1.10. The van der Waals surface area contributed by atoms with Gasteiger partial charge in [0.25, 0.3) is 0 Å². The highest BCUT2D eigenvalue weighted by atomic mass is 32.1. The summed E-state index contributed by atoms with van der Waals surface area (Å²) in [5.74, 6) is 1.78. The van der Waals surface area contributed by atoms with E-state index in [2.05, 4.69) is 150 Å². The number of benzene rings is 10. The predicted octanol–water partition coefficient (Wildman–Crippen LogP) is 15.1. The molecule has 0 amide bonds. The van der Waals surface area contributed by atoms with Crippen LogP contribution in [0.15, 0.2) is 186 Å². The lowest BCUT2D eigenvalue weighted by Crippen LogP contribution is -2.01. The van der Waals surface area contributed by atoms with Gasteiger partial charge in [-0.15, -0.1) is 11.3 Å². The summed E-state index contributed by atoms with van der Waals surface area (Å²) in [6, 6.07) is 64.9. The van der Waals surface area contributed by atoms with Gasteiger partial charge in [-0.05, 0) is 74.8 Å². The molecule has 282 valence electrons. The van der Waals surface area contributed by atoms with Crippen molar-refractivity contribution < 1.29 is 4.42 Å². The molecule has 0 bridgehead atoms. The van der Waals surface area contributed by atoms with Crippen LogP contribution in [0.1, 0.15) is 0 Å². The molecule has 0 radical (unpaired) electrons. The second kappa shape index (κ2) is 12.3. The van der Waals surface area contributed by atoms with Gasteiger partial charge in [0.2, 0.25) is 0 Å². The molecular formula is C55H30N4OS. The molecule has 0 unspecified atom stereocenters. The number of aromatic nitrogens is 4. The topological polar surface area (TPSA) is 56.7 Å². The quantitative estimate of drug-likeness (QED) is 0.167. The van der Waals surface area contributed by atoms with Crippen molar-refractivity contribution in [1.29, 1.82) is 0 Å². The van der Waals surface area contributed by atoms with Crippen LogP contribution in [0.2, 0.25) is 0 Å². The Labute approximate surface area is 351 Å². The van der Waals surface area contributed by atoms with Crippen molar-refractivity contribution in [2.24, 2.45) is 0 Å². The van der Waals surface area contributed by atoms with Gasteiger partial charge >= 0.3 is 0 Å². The lowest BCUT2D eigenvalue weighted by molar-refractivity contribution is 0.669. The van der Waals surface area contributed by atoms with E-state index >= 15 is 0 Å². The Morgan fingerprint density at radius 1 is 0.410 bits per heavy atom. The molecular weight excluding hydrogens is 765 g/mol. The second-order valence-electron chi connectivity index (χ2n) is 15.9. The van der Waals surface area contributed by atoms with E-state index in [0.29, 0.717) is 17.5 Å². The number of furan rings is 1. The number of nitrogens with zero attached hydrogens (tertiary/aromatic N) is 4. The number of thiophene rings is 1. The second-order valence-corrected chi connectivity index (χ2v) is 17.0. The molecule has 0 aliphatic heterocycles. The molecule has 5 nitrogen and oxygen atoms in total. The average Bonchev–Trinajstić information content (AvgIpc) is 4.00. The van der Waals surface area contributed by atoms with Crippen LogP contribution in [0.3, 0.4) is 0 Å². The average molecular weight is 795 g/mol. The van der Waals surface area contributed by atoms with Crippen LogP contribution in [-0.4, -0.2) is 19.5 Å². The van der Waals surface area contributed by atoms with Gasteiger partial charge in [-0.2, -0.15) is 0 Å². The third-order valence-electron chi connectivity index (χ3n) is 12.6. The van der Waals surface area contributed by atoms with Gasteiger partial charge in [0, 0.05) is 58.5 Å². The Morgan fingerprint density at radius 2 is 1.10 bits per heavy atom. The van der Waals surface area contributed by atoms with Crippen molar-refractivity contribution >= 4 is 108 Å². The molecule has 0 fully saturated rings. The zero-order chi connectivity index (χ0) is 39.8. The highest BCUT2D eigenvalue weighted by Gasteiger charge is 2.23. The van der Waals surface area contributed by atoms with Gasteiger partial charge < -0.3 is 8.98 Å². The molecule has 14 rings (SSSR count). The van der Waals surface area contributed by atoms with Crippen LogP contribution < -0.4 is 0 Å². The van der Waals surface area contributed by atoms with Gasteiger partial charge in [0.15, 0.2) is 17.5 Å². The van der Waals surface area contributed by atoms with Crippen LogP contribution in [0, 0.1) is 0 Å². The Morgan fingerprint density at radius 3 is 1.98 bits per heavy atom. The van der Waals surface area contributed by atoms with Gasteiger partial charge in [0.05, 0.1) is 16.6 Å². The molecule has 0 aliphatic rings. The van der Waals surface area contributed by atoms with E-state index in [4.69, 9.17) is 19.4 Å². The first-order chi connectivity index (χ1) is 30.2.